The van der Waals surface area contributed by atoms with Crippen LogP contribution in [0.25, 0.3) is 11.5 Å². The Bertz CT molecular complexity index is 569. The van der Waals surface area contributed by atoms with Gasteiger partial charge in [0.05, 0.1) is 6.04 Å². The monoisotopic (exact) mass is 290 g/mol. The lowest BCUT2D eigenvalue weighted by atomic mass is 10.1. The van der Waals surface area contributed by atoms with E-state index >= 15 is 0 Å². The van der Waals surface area contributed by atoms with E-state index in [0.717, 1.165) is 35.0 Å². The van der Waals surface area contributed by atoms with Crippen LogP contribution in [0.2, 0.25) is 0 Å². The molecular formula is C14H18N4OS. The summed E-state index contributed by atoms with van der Waals surface area (Å²) in [5.41, 5.74) is 7.63. The first kappa shape index (κ1) is 13.6. The molecule has 1 aromatic heterocycles. The maximum atomic E-state index is 5.60. The van der Waals surface area contributed by atoms with Gasteiger partial charge in [0.25, 0.3) is 5.89 Å². The van der Waals surface area contributed by atoms with Crippen LogP contribution >= 0.6 is 11.8 Å². The summed E-state index contributed by atoms with van der Waals surface area (Å²) in [5, 5.41) is 4.14. The molecule has 1 fully saturated rings. The minimum Gasteiger partial charge on any atom is -0.334 e. The van der Waals surface area contributed by atoms with E-state index in [1.54, 1.807) is 0 Å². The Morgan fingerprint density at radius 1 is 1.40 bits per heavy atom. The third kappa shape index (κ3) is 2.72. The van der Waals surface area contributed by atoms with Crippen molar-refractivity contribution in [1.29, 1.82) is 0 Å². The number of hydrogen-bond donors (Lipinski definition) is 1. The molecule has 3 rings (SSSR count). The van der Waals surface area contributed by atoms with Crippen molar-refractivity contribution in [2.75, 3.05) is 25.1 Å². The molecule has 1 aliphatic heterocycles. The van der Waals surface area contributed by atoms with Crippen LogP contribution in [0.4, 0.5) is 0 Å². The first-order chi connectivity index (χ1) is 9.78. The van der Waals surface area contributed by atoms with Crippen LogP contribution in [-0.2, 0) is 6.54 Å². The number of hydrogen-bond acceptors (Lipinski definition) is 6. The highest BCUT2D eigenvalue weighted by Gasteiger charge is 2.25. The smallest absolute Gasteiger partial charge is 0.257 e. The molecular weight excluding hydrogens is 272 g/mol. The molecule has 20 heavy (non-hydrogen) atoms. The van der Waals surface area contributed by atoms with E-state index in [9.17, 15) is 0 Å². The number of thioether (sulfide) groups is 1. The van der Waals surface area contributed by atoms with Crippen LogP contribution < -0.4 is 5.73 Å². The lowest BCUT2D eigenvalue weighted by molar-refractivity contribution is 0.257. The van der Waals surface area contributed by atoms with Crippen LogP contribution in [0.15, 0.2) is 28.8 Å². The van der Waals surface area contributed by atoms with Gasteiger partial charge < -0.3 is 10.3 Å². The molecule has 1 saturated heterocycles. The van der Waals surface area contributed by atoms with Crippen LogP contribution in [0.1, 0.15) is 17.4 Å². The fourth-order valence-electron chi connectivity index (χ4n) is 2.23. The molecule has 5 nitrogen and oxygen atoms in total. The Kier molecular flexibility index (Phi) is 4.05. The van der Waals surface area contributed by atoms with Crippen LogP contribution in [0, 0.1) is 0 Å². The molecule has 1 aliphatic rings. The third-order valence-corrected chi connectivity index (χ3v) is 4.60. The normalized spacial score (nSPS) is 20.2. The van der Waals surface area contributed by atoms with E-state index in [1.807, 2.05) is 36.0 Å². The Morgan fingerprint density at radius 3 is 2.90 bits per heavy atom. The summed E-state index contributed by atoms with van der Waals surface area (Å²) in [6.45, 7) is 1.60. The van der Waals surface area contributed by atoms with Gasteiger partial charge in [0.2, 0.25) is 0 Å². The zero-order valence-electron chi connectivity index (χ0n) is 11.5. The molecule has 0 radical (unpaired) electrons. The summed E-state index contributed by atoms with van der Waals surface area (Å²) >= 11 is 1.93. The summed E-state index contributed by atoms with van der Waals surface area (Å²) in [5.74, 6) is 3.53. The third-order valence-electron chi connectivity index (χ3n) is 3.57. The van der Waals surface area contributed by atoms with Gasteiger partial charge in [0, 0.05) is 30.2 Å². The first-order valence-electron chi connectivity index (χ1n) is 6.69. The van der Waals surface area contributed by atoms with Crippen molar-refractivity contribution < 1.29 is 4.52 Å². The van der Waals surface area contributed by atoms with Gasteiger partial charge in [-0.15, -0.1) is 0 Å². The molecule has 0 amide bonds. The van der Waals surface area contributed by atoms with Crippen molar-refractivity contribution in [3.05, 3.63) is 35.7 Å². The summed E-state index contributed by atoms with van der Waals surface area (Å²) in [7, 11) is 2.11. The topological polar surface area (TPSA) is 68.2 Å². The SMILES string of the molecule is CN1CCSCC1c1noc(-c2ccc(CN)cc2)n1. The fraction of sp³-hybridized carbons (Fsp3) is 0.429. The molecule has 1 aromatic carbocycles. The van der Waals surface area contributed by atoms with Crippen molar-refractivity contribution in [3.8, 4) is 11.5 Å². The lowest BCUT2D eigenvalue weighted by Crippen LogP contribution is -2.33. The fourth-order valence-corrected chi connectivity index (χ4v) is 3.44. The Hall–Kier alpha value is -1.37. The van der Waals surface area contributed by atoms with E-state index in [1.165, 1.54) is 0 Å². The number of nitrogens with zero attached hydrogens (tertiary/aromatic N) is 3. The van der Waals surface area contributed by atoms with Gasteiger partial charge in [0.1, 0.15) is 0 Å². The Morgan fingerprint density at radius 2 is 2.20 bits per heavy atom. The molecule has 0 saturated carbocycles. The second kappa shape index (κ2) is 5.95. The van der Waals surface area contributed by atoms with E-state index in [2.05, 4.69) is 22.1 Å². The van der Waals surface area contributed by atoms with Gasteiger partial charge in [-0.05, 0) is 24.7 Å². The van der Waals surface area contributed by atoms with Gasteiger partial charge in [-0.2, -0.15) is 16.7 Å². The second-order valence-electron chi connectivity index (χ2n) is 4.93. The van der Waals surface area contributed by atoms with E-state index in [4.69, 9.17) is 10.3 Å². The summed E-state index contributed by atoms with van der Waals surface area (Å²) in [4.78, 5) is 6.83. The van der Waals surface area contributed by atoms with Crippen LogP contribution in [-0.4, -0.2) is 40.1 Å². The van der Waals surface area contributed by atoms with Crippen LogP contribution in [0.5, 0.6) is 0 Å². The largest absolute Gasteiger partial charge is 0.334 e. The van der Waals surface area contributed by atoms with Gasteiger partial charge in [-0.3, -0.25) is 4.90 Å². The lowest BCUT2D eigenvalue weighted by Gasteiger charge is -2.29. The second-order valence-corrected chi connectivity index (χ2v) is 6.08. The van der Waals surface area contributed by atoms with Crippen molar-refractivity contribution in [2.24, 2.45) is 5.73 Å². The summed E-state index contributed by atoms with van der Waals surface area (Å²) in [6.07, 6.45) is 0. The molecule has 1 unspecified atom stereocenters. The number of aromatic nitrogens is 2. The zero-order valence-corrected chi connectivity index (χ0v) is 12.3. The Balaban J connectivity index is 1.81. The van der Waals surface area contributed by atoms with E-state index < -0.39 is 0 Å². The molecule has 6 heteroatoms. The zero-order chi connectivity index (χ0) is 13.9. The summed E-state index contributed by atoms with van der Waals surface area (Å²) in [6, 6.07) is 8.16. The van der Waals surface area contributed by atoms with Gasteiger partial charge >= 0.3 is 0 Å². The predicted octanol–water partition coefficient (Wildman–Crippen LogP) is 1.91. The molecule has 0 bridgehead atoms. The maximum absolute atomic E-state index is 5.60. The number of benzene rings is 1. The van der Waals surface area contributed by atoms with Crippen molar-refractivity contribution in [3.63, 3.8) is 0 Å². The average Bonchev–Trinajstić information content (AvgIpc) is 2.97. The van der Waals surface area contributed by atoms with Crippen molar-refractivity contribution in [2.45, 2.75) is 12.6 Å². The highest BCUT2D eigenvalue weighted by atomic mass is 32.2. The number of rotatable bonds is 3. The molecule has 106 valence electrons. The molecule has 2 aromatic rings. The molecule has 2 N–H and O–H groups in total. The predicted molar refractivity (Wildman–Crippen MR) is 80.3 cm³/mol. The first-order valence-corrected chi connectivity index (χ1v) is 7.84. The van der Waals surface area contributed by atoms with E-state index in [0.29, 0.717) is 12.4 Å². The highest BCUT2D eigenvalue weighted by Crippen LogP contribution is 2.28. The van der Waals surface area contributed by atoms with Crippen LogP contribution in [0.3, 0.4) is 0 Å². The highest BCUT2D eigenvalue weighted by molar-refractivity contribution is 7.99. The van der Waals surface area contributed by atoms with Gasteiger partial charge in [-0.25, -0.2) is 0 Å². The molecule has 0 aliphatic carbocycles. The maximum Gasteiger partial charge on any atom is 0.257 e. The van der Waals surface area contributed by atoms with E-state index in [-0.39, 0.29) is 6.04 Å². The molecule has 1 atom stereocenters. The minimum atomic E-state index is 0.245. The Labute approximate surface area is 122 Å². The quantitative estimate of drug-likeness (QED) is 0.931. The van der Waals surface area contributed by atoms with Gasteiger partial charge in [-0.1, -0.05) is 17.3 Å². The van der Waals surface area contributed by atoms with Crippen molar-refractivity contribution >= 4 is 11.8 Å². The standard InChI is InChI=1S/C14H18N4OS/c1-18-6-7-20-9-12(18)13-16-14(19-17-13)11-4-2-10(8-15)3-5-11/h2-5,12H,6-9,15H2,1H3. The summed E-state index contributed by atoms with van der Waals surface area (Å²) < 4.78 is 5.40. The number of nitrogens with two attached hydrogens (primary N) is 1. The van der Waals surface area contributed by atoms with Gasteiger partial charge in [0.15, 0.2) is 5.82 Å². The molecule has 2 heterocycles. The minimum absolute atomic E-state index is 0.245. The van der Waals surface area contributed by atoms with Crippen molar-refractivity contribution in [1.82, 2.24) is 15.0 Å². The molecule has 0 spiro atoms. The average molecular weight is 290 g/mol.